The van der Waals surface area contributed by atoms with E-state index >= 15 is 0 Å². The zero-order valence-corrected chi connectivity index (χ0v) is 12.8. The van der Waals surface area contributed by atoms with Crippen LogP contribution in [0, 0.1) is 0 Å². The summed E-state index contributed by atoms with van der Waals surface area (Å²) in [6, 6.07) is 6.21. The number of imide groups is 1. The van der Waals surface area contributed by atoms with Crippen LogP contribution in [0.1, 0.15) is 6.92 Å². The topological polar surface area (TPSA) is 104 Å². The Bertz CT molecular complexity index is 638. The van der Waals surface area contributed by atoms with Gasteiger partial charge in [0.15, 0.2) is 0 Å². The summed E-state index contributed by atoms with van der Waals surface area (Å²) in [6.07, 6.45) is 0.707. The summed E-state index contributed by atoms with van der Waals surface area (Å²) in [5.41, 5.74) is 6.30. The number of carbonyl (C=O) groups is 4. The van der Waals surface area contributed by atoms with Gasteiger partial charge in [-0.1, -0.05) is 6.07 Å². The number of hydrogen-bond donors (Lipinski definition) is 1. The first-order valence-corrected chi connectivity index (χ1v) is 7.13. The highest BCUT2D eigenvalue weighted by atomic mass is 16.2. The number of benzene rings is 1. The maximum atomic E-state index is 12.4. The number of rotatable bonds is 2. The summed E-state index contributed by atoms with van der Waals surface area (Å²) in [4.78, 5) is 50.9. The molecular weight excluding hydrogens is 300 g/mol. The molecule has 0 saturated carbocycles. The third-order valence-electron chi connectivity index (χ3n) is 3.58. The third-order valence-corrected chi connectivity index (χ3v) is 3.58. The molecule has 2 N–H and O–H groups in total. The molecule has 0 spiro atoms. The number of hydrogen-bond acceptors (Lipinski definition) is 5. The van der Waals surface area contributed by atoms with Crippen LogP contribution in [0.2, 0.25) is 0 Å². The Kier molecular flexibility index (Phi) is 4.95. The molecule has 1 aliphatic heterocycles. The molecular formula is C15H18N4O4. The van der Waals surface area contributed by atoms with Gasteiger partial charge in [-0.3, -0.25) is 19.2 Å². The second-order valence-corrected chi connectivity index (χ2v) is 5.19. The van der Waals surface area contributed by atoms with Crippen molar-refractivity contribution in [1.29, 1.82) is 0 Å². The fourth-order valence-corrected chi connectivity index (χ4v) is 2.37. The van der Waals surface area contributed by atoms with Crippen molar-refractivity contribution < 1.29 is 19.2 Å². The molecule has 1 aliphatic rings. The van der Waals surface area contributed by atoms with Crippen molar-refractivity contribution in [2.45, 2.75) is 6.92 Å². The molecule has 8 heteroatoms. The molecule has 122 valence electrons. The fourth-order valence-electron chi connectivity index (χ4n) is 2.37. The summed E-state index contributed by atoms with van der Waals surface area (Å²) in [5.74, 6) is -2.27. The predicted octanol–water partition coefficient (Wildman–Crippen LogP) is -0.551. The van der Waals surface area contributed by atoms with Gasteiger partial charge in [-0.2, -0.15) is 0 Å². The Labute approximate surface area is 133 Å². The molecule has 0 aliphatic carbocycles. The smallest absolute Gasteiger partial charge is 0.323 e. The zero-order valence-electron chi connectivity index (χ0n) is 12.8. The van der Waals surface area contributed by atoms with Gasteiger partial charge in [0.1, 0.15) is 0 Å². The largest absolute Gasteiger partial charge is 0.399 e. The minimum Gasteiger partial charge on any atom is -0.399 e. The lowest BCUT2D eigenvalue weighted by molar-refractivity contribution is -0.147. The number of nitrogens with two attached hydrogens (primary N) is 1. The van der Waals surface area contributed by atoms with E-state index in [1.807, 2.05) is 0 Å². The van der Waals surface area contributed by atoms with E-state index in [1.54, 1.807) is 12.1 Å². The summed E-state index contributed by atoms with van der Waals surface area (Å²) in [5, 5.41) is 0. The van der Waals surface area contributed by atoms with Crippen molar-refractivity contribution in [1.82, 2.24) is 9.80 Å². The van der Waals surface area contributed by atoms with E-state index in [-0.39, 0.29) is 18.8 Å². The molecule has 23 heavy (non-hydrogen) atoms. The lowest BCUT2D eigenvalue weighted by atomic mass is 10.2. The van der Waals surface area contributed by atoms with E-state index in [9.17, 15) is 19.2 Å². The molecule has 0 atom stereocenters. The molecule has 0 unspecified atom stereocenters. The van der Waals surface area contributed by atoms with E-state index in [4.69, 9.17) is 5.73 Å². The summed E-state index contributed by atoms with van der Waals surface area (Å²) < 4.78 is 0. The first-order chi connectivity index (χ1) is 10.9. The highest BCUT2D eigenvalue weighted by Gasteiger charge is 2.32. The highest BCUT2D eigenvalue weighted by molar-refractivity contribution is 6.45. The number of nitrogens with zero attached hydrogens (tertiary/aromatic N) is 3. The van der Waals surface area contributed by atoms with Crippen LogP contribution in [0.4, 0.5) is 11.4 Å². The fraction of sp³-hybridized carbons (Fsp3) is 0.333. The van der Waals surface area contributed by atoms with Crippen LogP contribution in [0.15, 0.2) is 24.3 Å². The van der Waals surface area contributed by atoms with Crippen molar-refractivity contribution in [3.05, 3.63) is 24.3 Å². The van der Waals surface area contributed by atoms with Crippen LogP contribution in [-0.4, -0.2) is 60.1 Å². The third kappa shape index (κ3) is 3.65. The molecule has 4 amide bonds. The number of nitrogen functional groups attached to an aromatic ring is 1. The van der Waals surface area contributed by atoms with Crippen LogP contribution in [0.3, 0.4) is 0 Å². The highest BCUT2D eigenvalue weighted by Crippen LogP contribution is 2.19. The average Bonchev–Trinajstić information content (AvgIpc) is 2.54. The second-order valence-electron chi connectivity index (χ2n) is 5.19. The van der Waals surface area contributed by atoms with Gasteiger partial charge in [-0.05, 0) is 18.2 Å². The summed E-state index contributed by atoms with van der Waals surface area (Å²) >= 11 is 0. The molecule has 8 nitrogen and oxygen atoms in total. The SMILES string of the molecule is CC(=O)N(C(=O)C(=O)N1CCN(C=O)CC1)c1cccc(N)c1. The van der Waals surface area contributed by atoms with E-state index in [1.165, 1.54) is 28.9 Å². The number of anilines is 2. The van der Waals surface area contributed by atoms with E-state index in [0.717, 1.165) is 4.90 Å². The standard InChI is InChI=1S/C15H18N4O4/c1-11(21)19(13-4-2-3-12(16)9-13)15(23)14(22)18-7-5-17(10-20)6-8-18/h2-4,9-10H,5-8,16H2,1H3. The minimum absolute atomic E-state index is 0.252. The van der Waals surface area contributed by atoms with Gasteiger partial charge in [-0.15, -0.1) is 0 Å². The molecule has 0 radical (unpaired) electrons. The summed E-state index contributed by atoms with van der Waals surface area (Å²) in [7, 11) is 0. The normalized spacial score (nSPS) is 14.3. The van der Waals surface area contributed by atoms with Crippen LogP contribution in [-0.2, 0) is 19.2 Å². The van der Waals surface area contributed by atoms with Gasteiger partial charge in [0.05, 0.1) is 5.69 Å². The van der Waals surface area contributed by atoms with Crippen LogP contribution in [0.25, 0.3) is 0 Å². The Hall–Kier alpha value is -2.90. The zero-order chi connectivity index (χ0) is 17.0. The molecule has 1 heterocycles. The van der Waals surface area contributed by atoms with Crippen molar-refractivity contribution in [2.75, 3.05) is 36.8 Å². The second kappa shape index (κ2) is 6.91. The molecule has 1 aromatic rings. The van der Waals surface area contributed by atoms with Gasteiger partial charge in [0.2, 0.25) is 12.3 Å². The Morgan fingerprint density at radius 3 is 2.35 bits per heavy atom. The van der Waals surface area contributed by atoms with Crippen molar-refractivity contribution in [2.24, 2.45) is 0 Å². The minimum atomic E-state index is -0.928. The predicted molar refractivity (Wildman–Crippen MR) is 83.2 cm³/mol. The van der Waals surface area contributed by atoms with E-state index in [0.29, 0.717) is 25.2 Å². The Balaban J connectivity index is 2.17. The van der Waals surface area contributed by atoms with Gasteiger partial charge in [0.25, 0.3) is 0 Å². The molecule has 0 bridgehead atoms. The van der Waals surface area contributed by atoms with Crippen LogP contribution >= 0.6 is 0 Å². The van der Waals surface area contributed by atoms with Gasteiger partial charge >= 0.3 is 11.8 Å². The molecule has 0 aromatic heterocycles. The molecule has 1 aromatic carbocycles. The van der Waals surface area contributed by atoms with Crippen molar-refractivity contribution in [3.8, 4) is 0 Å². The van der Waals surface area contributed by atoms with Gasteiger partial charge in [0, 0.05) is 38.8 Å². The quantitative estimate of drug-likeness (QED) is 0.447. The monoisotopic (exact) mass is 318 g/mol. The lowest BCUT2D eigenvalue weighted by Gasteiger charge is -2.33. The first kappa shape index (κ1) is 16.5. The van der Waals surface area contributed by atoms with E-state index in [2.05, 4.69) is 0 Å². The van der Waals surface area contributed by atoms with Gasteiger partial charge in [-0.25, -0.2) is 4.90 Å². The van der Waals surface area contributed by atoms with Gasteiger partial charge < -0.3 is 15.5 Å². The van der Waals surface area contributed by atoms with Crippen molar-refractivity contribution in [3.63, 3.8) is 0 Å². The molecule has 1 saturated heterocycles. The average molecular weight is 318 g/mol. The Morgan fingerprint density at radius 2 is 1.83 bits per heavy atom. The first-order valence-electron chi connectivity index (χ1n) is 7.13. The molecule has 2 rings (SSSR count). The Morgan fingerprint density at radius 1 is 1.17 bits per heavy atom. The number of amides is 4. The number of carbonyl (C=O) groups excluding carboxylic acids is 4. The van der Waals surface area contributed by atoms with Crippen LogP contribution < -0.4 is 10.6 Å². The molecule has 1 fully saturated rings. The van der Waals surface area contributed by atoms with E-state index < -0.39 is 17.7 Å². The summed E-state index contributed by atoms with van der Waals surface area (Å²) in [6.45, 7) is 2.44. The maximum absolute atomic E-state index is 12.4. The maximum Gasteiger partial charge on any atom is 0.323 e. The lowest BCUT2D eigenvalue weighted by Crippen LogP contribution is -2.53. The van der Waals surface area contributed by atoms with Crippen LogP contribution in [0.5, 0.6) is 0 Å². The number of piperazine rings is 1. The van der Waals surface area contributed by atoms with Crippen molar-refractivity contribution >= 4 is 35.5 Å².